The molecule has 0 atom stereocenters. The van der Waals surface area contributed by atoms with E-state index in [9.17, 15) is 0 Å². The van der Waals surface area contributed by atoms with Crippen LogP contribution in [-0.4, -0.2) is 20.9 Å². The second-order valence-corrected chi connectivity index (χ2v) is 5.21. The van der Waals surface area contributed by atoms with Gasteiger partial charge in [0.15, 0.2) is 0 Å². The standard InChI is InChI=1S/C13H19BrN4/c1-3-11-13(14)12(17(2)16-11)9-18-7-5-10(8-18)4-6-15/h5,7-8H,3-4,6,9,15H2,1-2H3. The first kappa shape index (κ1) is 13.4. The van der Waals surface area contributed by atoms with Crippen molar-refractivity contribution in [3.63, 3.8) is 0 Å². The van der Waals surface area contributed by atoms with Crippen LogP contribution in [0.5, 0.6) is 0 Å². The summed E-state index contributed by atoms with van der Waals surface area (Å²) in [5.41, 5.74) is 9.15. The first-order valence-corrected chi connectivity index (χ1v) is 7.00. The van der Waals surface area contributed by atoms with Gasteiger partial charge in [0.2, 0.25) is 0 Å². The van der Waals surface area contributed by atoms with Gasteiger partial charge in [-0.25, -0.2) is 0 Å². The largest absolute Gasteiger partial charge is 0.348 e. The molecule has 18 heavy (non-hydrogen) atoms. The second-order valence-electron chi connectivity index (χ2n) is 4.42. The lowest BCUT2D eigenvalue weighted by molar-refractivity contribution is 0.660. The Morgan fingerprint density at radius 3 is 2.83 bits per heavy atom. The minimum absolute atomic E-state index is 0.694. The summed E-state index contributed by atoms with van der Waals surface area (Å²) in [4.78, 5) is 0. The molecule has 0 spiro atoms. The SMILES string of the molecule is CCc1nn(C)c(Cn2ccc(CCN)c2)c1Br. The Morgan fingerprint density at radius 2 is 2.22 bits per heavy atom. The summed E-state index contributed by atoms with van der Waals surface area (Å²) in [6.45, 7) is 3.64. The highest BCUT2D eigenvalue weighted by molar-refractivity contribution is 9.10. The van der Waals surface area contributed by atoms with Crippen LogP contribution in [-0.2, 0) is 26.4 Å². The van der Waals surface area contributed by atoms with Crippen LogP contribution in [0.25, 0.3) is 0 Å². The van der Waals surface area contributed by atoms with Crippen LogP contribution >= 0.6 is 15.9 Å². The molecule has 2 heterocycles. The average molecular weight is 311 g/mol. The number of rotatable bonds is 5. The fraction of sp³-hybridized carbons (Fsp3) is 0.462. The summed E-state index contributed by atoms with van der Waals surface area (Å²) >= 11 is 3.64. The lowest BCUT2D eigenvalue weighted by atomic mass is 10.2. The minimum Gasteiger partial charge on any atom is -0.348 e. The van der Waals surface area contributed by atoms with Crippen molar-refractivity contribution in [1.82, 2.24) is 14.3 Å². The summed E-state index contributed by atoms with van der Waals surface area (Å²) in [6.07, 6.45) is 6.12. The zero-order chi connectivity index (χ0) is 13.1. The van der Waals surface area contributed by atoms with Crippen molar-refractivity contribution in [3.8, 4) is 0 Å². The fourth-order valence-electron chi connectivity index (χ4n) is 2.07. The first-order valence-electron chi connectivity index (χ1n) is 6.20. The molecule has 0 amide bonds. The van der Waals surface area contributed by atoms with Gasteiger partial charge in [0, 0.05) is 19.4 Å². The van der Waals surface area contributed by atoms with Crippen LogP contribution in [0.15, 0.2) is 22.9 Å². The molecule has 2 N–H and O–H groups in total. The maximum Gasteiger partial charge on any atom is 0.0767 e. The van der Waals surface area contributed by atoms with E-state index in [-0.39, 0.29) is 0 Å². The van der Waals surface area contributed by atoms with Crippen molar-refractivity contribution in [3.05, 3.63) is 39.9 Å². The van der Waals surface area contributed by atoms with E-state index in [0.717, 1.165) is 29.6 Å². The molecule has 2 rings (SSSR count). The molecule has 0 fully saturated rings. The van der Waals surface area contributed by atoms with E-state index < -0.39 is 0 Å². The average Bonchev–Trinajstić information content (AvgIpc) is 2.89. The van der Waals surface area contributed by atoms with E-state index in [1.807, 2.05) is 11.7 Å². The summed E-state index contributed by atoms with van der Waals surface area (Å²) in [5.74, 6) is 0. The van der Waals surface area contributed by atoms with Gasteiger partial charge in [-0.15, -0.1) is 0 Å². The fourth-order valence-corrected chi connectivity index (χ4v) is 2.81. The molecule has 0 saturated carbocycles. The highest BCUT2D eigenvalue weighted by Gasteiger charge is 2.12. The van der Waals surface area contributed by atoms with Gasteiger partial charge in [-0.05, 0) is 46.9 Å². The van der Waals surface area contributed by atoms with Gasteiger partial charge >= 0.3 is 0 Å². The maximum absolute atomic E-state index is 5.56. The van der Waals surface area contributed by atoms with Crippen LogP contribution in [0.1, 0.15) is 23.9 Å². The van der Waals surface area contributed by atoms with E-state index in [1.54, 1.807) is 0 Å². The molecule has 0 aliphatic carbocycles. The molecule has 4 nitrogen and oxygen atoms in total. The first-order chi connectivity index (χ1) is 8.65. The number of nitrogens with zero attached hydrogens (tertiary/aromatic N) is 3. The van der Waals surface area contributed by atoms with E-state index in [4.69, 9.17) is 5.73 Å². The minimum atomic E-state index is 0.694. The summed E-state index contributed by atoms with van der Waals surface area (Å²) in [6, 6.07) is 2.12. The highest BCUT2D eigenvalue weighted by Crippen LogP contribution is 2.22. The molecule has 0 aliphatic heterocycles. The van der Waals surface area contributed by atoms with E-state index in [0.29, 0.717) is 6.54 Å². The van der Waals surface area contributed by atoms with Gasteiger partial charge in [-0.1, -0.05) is 6.92 Å². The number of aryl methyl sites for hydroxylation is 2. The summed E-state index contributed by atoms with van der Waals surface area (Å²) in [5, 5.41) is 4.50. The Labute approximate surface area is 116 Å². The van der Waals surface area contributed by atoms with E-state index in [2.05, 4.69) is 51.0 Å². The van der Waals surface area contributed by atoms with Crippen LogP contribution in [0.2, 0.25) is 0 Å². The molecule has 0 aliphatic rings. The second kappa shape index (κ2) is 5.71. The van der Waals surface area contributed by atoms with Crippen molar-refractivity contribution in [2.75, 3.05) is 6.54 Å². The number of nitrogens with two attached hydrogens (primary N) is 1. The van der Waals surface area contributed by atoms with Crippen molar-refractivity contribution in [2.45, 2.75) is 26.3 Å². The van der Waals surface area contributed by atoms with E-state index >= 15 is 0 Å². The zero-order valence-corrected chi connectivity index (χ0v) is 12.4. The van der Waals surface area contributed by atoms with Crippen molar-refractivity contribution >= 4 is 15.9 Å². The number of hydrogen-bond acceptors (Lipinski definition) is 2. The van der Waals surface area contributed by atoms with Gasteiger partial charge in [0.05, 0.1) is 22.4 Å². The van der Waals surface area contributed by atoms with Gasteiger partial charge < -0.3 is 10.3 Å². The Morgan fingerprint density at radius 1 is 1.44 bits per heavy atom. The number of aromatic nitrogens is 3. The van der Waals surface area contributed by atoms with E-state index in [1.165, 1.54) is 11.3 Å². The van der Waals surface area contributed by atoms with Gasteiger partial charge in [-0.2, -0.15) is 5.10 Å². The van der Waals surface area contributed by atoms with Crippen LogP contribution < -0.4 is 5.73 Å². The molecular weight excluding hydrogens is 292 g/mol. The molecule has 0 unspecified atom stereocenters. The predicted octanol–water partition coefficient (Wildman–Crippen LogP) is 2.10. The molecule has 2 aromatic heterocycles. The molecule has 0 saturated heterocycles. The molecule has 2 aromatic rings. The number of halogens is 1. The Bertz CT molecular complexity index is 527. The predicted molar refractivity (Wildman–Crippen MR) is 76.6 cm³/mol. The monoisotopic (exact) mass is 310 g/mol. The summed E-state index contributed by atoms with van der Waals surface area (Å²) < 4.78 is 5.25. The highest BCUT2D eigenvalue weighted by atomic mass is 79.9. The van der Waals surface area contributed by atoms with Crippen LogP contribution in [0.3, 0.4) is 0 Å². The third-order valence-corrected chi connectivity index (χ3v) is 4.00. The third-order valence-electron chi connectivity index (χ3n) is 3.08. The smallest absolute Gasteiger partial charge is 0.0767 e. The van der Waals surface area contributed by atoms with Crippen molar-refractivity contribution < 1.29 is 0 Å². The van der Waals surface area contributed by atoms with Gasteiger partial charge in [0.25, 0.3) is 0 Å². The lowest BCUT2D eigenvalue weighted by Gasteiger charge is -2.04. The molecule has 0 bridgehead atoms. The van der Waals surface area contributed by atoms with Crippen LogP contribution in [0.4, 0.5) is 0 Å². The van der Waals surface area contributed by atoms with Crippen molar-refractivity contribution in [1.29, 1.82) is 0 Å². The Balaban J connectivity index is 2.20. The molecule has 0 aromatic carbocycles. The third kappa shape index (κ3) is 2.67. The quantitative estimate of drug-likeness (QED) is 0.919. The zero-order valence-electron chi connectivity index (χ0n) is 10.9. The molecule has 0 radical (unpaired) electrons. The van der Waals surface area contributed by atoms with Gasteiger partial charge in [0.1, 0.15) is 0 Å². The lowest BCUT2D eigenvalue weighted by Crippen LogP contribution is -2.05. The van der Waals surface area contributed by atoms with Crippen molar-refractivity contribution in [2.24, 2.45) is 12.8 Å². The molecular formula is C13H19BrN4. The molecule has 5 heteroatoms. The topological polar surface area (TPSA) is 48.8 Å². The Hall–Kier alpha value is -1.07. The Kier molecular flexibility index (Phi) is 4.24. The summed E-state index contributed by atoms with van der Waals surface area (Å²) in [7, 11) is 1.99. The maximum atomic E-state index is 5.56. The normalized spacial score (nSPS) is 11.1. The number of hydrogen-bond donors (Lipinski definition) is 1. The van der Waals surface area contributed by atoms with Gasteiger partial charge in [-0.3, -0.25) is 4.68 Å². The van der Waals surface area contributed by atoms with Crippen LogP contribution in [0, 0.1) is 0 Å². The molecule has 98 valence electrons.